The molecule has 0 unspecified atom stereocenters. The topological polar surface area (TPSA) is 205 Å². The predicted octanol–water partition coefficient (Wildman–Crippen LogP) is 2.12. The number of ether oxygens (including phenoxy) is 6. The van der Waals surface area contributed by atoms with E-state index < -0.39 is 67.8 Å². The minimum Gasteiger partial charge on any atom is -0.435 e. The van der Waals surface area contributed by atoms with Crippen LogP contribution in [0.3, 0.4) is 0 Å². The number of benzene rings is 1. The van der Waals surface area contributed by atoms with Gasteiger partial charge in [-0.05, 0) is 45.4 Å². The van der Waals surface area contributed by atoms with Crippen LogP contribution in [0.15, 0.2) is 34.9 Å². The lowest BCUT2D eigenvalue weighted by molar-refractivity contribution is -0.166. The number of thioether (sulfide) groups is 1. The Morgan fingerprint density at radius 3 is 2.26 bits per heavy atom. The zero-order valence-electron chi connectivity index (χ0n) is 26.2. The number of aliphatic hydroxyl groups is 1. The van der Waals surface area contributed by atoms with Crippen molar-refractivity contribution in [1.29, 1.82) is 0 Å². The van der Waals surface area contributed by atoms with Gasteiger partial charge in [-0.2, -0.15) is 0 Å². The monoisotopic (exact) mass is 679 g/mol. The number of amides is 2. The molecule has 3 heterocycles. The smallest absolute Gasteiger partial charge is 0.435 e. The number of aliphatic hydroxyl groups excluding tert-OH is 1. The molecular formula is C30H37N3O13S. The van der Waals surface area contributed by atoms with E-state index in [0.717, 1.165) is 0 Å². The van der Waals surface area contributed by atoms with E-state index in [-0.39, 0.29) is 41.5 Å². The summed E-state index contributed by atoms with van der Waals surface area (Å²) in [6.45, 7) is 5.80. The molecule has 0 spiro atoms. The first-order valence-corrected chi connectivity index (χ1v) is 15.8. The molecule has 16 nitrogen and oxygen atoms in total. The lowest BCUT2D eigenvalue weighted by Gasteiger charge is -2.46. The fraction of sp³-hybridized carbons (Fsp3) is 0.533. The third-order valence-corrected chi connectivity index (χ3v) is 9.14. The Hall–Kier alpha value is -4.35. The molecular weight excluding hydrogens is 642 g/mol. The summed E-state index contributed by atoms with van der Waals surface area (Å²) in [5.41, 5.74) is 0.473. The number of nitrogens with zero attached hydrogens (tertiary/aromatic N) is 1. The Labute approximate surface area is 274 Å². The number of esters is 2. The van der Waals surface area contributed by atoms with Gasteiger partial charge in [0.2, 0.25) is 25.4 Å². The lowest BCUT2D eigenvalue weighted by atomic mass is 9.79. The standard InChI is InChI=1S/C30H37N3O13S/c1-5-41-29(39)45-13-43-27(37)17-8-7-9-18(10-17)32-25(35)20-11-19(12-31-20)47-24-15(3)22-21(16(4)34)26(36)33(22)23(24)28(38)44-14-46-30(40)42-6-2/h7-10,15-16,19-22,31,34H,5-6,11-14H2,1-4H3,(H,32,35)/t15-,16-,19+,20+,21-,22-/m1/s1. The molecule has 1 aromatic rings. The van der Waals surface area contributed by atoms with Crippen molar-refractivity contribution in [2.75, 3.05) is 38.7 Å². The molecule has 256 valence electrons. The summed E-state index contributed by atoms with van der Waals surface area (Å²) in [6, 6.07) is 4.97. The van der Waals surface area contributed by atoms with Gasteiger partial charge in [0, 0.05) is 28.3 Å². The number of hydrogen-bond acceptors (Lipinski definition) is 15. The van der Waals surface area contributed by atoms with Crippen molar-refractivity contribution in [3.8, 4) is 0 Å². The maximum absolute atomic E-state index is 13.2. The van der Waals surface area contributed by atoms with Gasteiger partial charge in [0.1, 0.15) is 5.70 Å². The average molecular weight is 680 g/mol. The van der Waals surface area contributed by atoms with Crippen molar-refractivity contribution >= 4 is 53.5 Å². The Balaban J connectivity index is 1.38. The summed E-state index contributed by atoms with van der Waals surface area (Å²) in [4.78, 5) is 76.2. The second-order valence-electron chi connectivity index (χ2n) is 10.7. The number of anilines is 1. The fourth-order valence-electron chi connectivity index (χ4n) is 5.53. The third kappa shape index (κ3) is 8.33. The van der Waals surface area contributed by atoms with Crippen LogP contribution in [-0.2, 0) is 42.8 Å². The molecule has 0 saturated carbocycles. The molecule has 2 fully saturated rings. The van der Waals surface area contributed by atoms with Gasteiger partial charge in [0.25, 0.3) is 0 Å². The molecule has 4 rings (SSSR count). The maximum atomic E-state index is 13.2. The van der Waals surface area contributed by atoms with E-state index in [0.29, 0.717) is 23.6 Å². The fourth-order valence-corrected chi connectivity index (χ4v) is 7.00. The van der Waals surface area contributed by atoms with Gasteiger partial charge >= 0.3 is 24.2 Å². The molecule has 3 aliphatic rings. The normalized spacial score (nSPS) is 23.6. The molecule has 0 radical (unpaired) electrons. The van der Waals surface area contributed by atoms with Gasteiger partial charge in [0.15, 0.2) is 0 Å². The van der Waals surface area contributed by atoms with Crippen LogP contribution >= 0.6 is 11.8 Å². The molecule has 6 atom stereocenters. The molecule has 0 bridgehead atoms. The highest BCUT2D eigenvalue weighted by Gasteiger charge is 2.60. The van der Waals surface area contributed by atoms with Crippen LogP contribution in [0.2, 0.25) is 0 Å². The number of carbonyl (C=O) groups is 6. The molecule has 2 saturated heterocycles. The number of nitrogens with one attached hydrogen (secondary N) is 2. The molecule has 2 amide bonds. The van der Waals surface area contributed by atoms with Crippen LogP contribution in [0.5, 0.6) is 0 Å². The van der Waals surface area contributed by atoms with Crippen LogP contribution in [0.1, 0.15) is 44.5 Å². The molecule has 1 aromatic carbocycles. The van der Waals surface area contributed by atoms with E-state index in [4.69, 9.17) is 14.2 Å². The third-order valence-electron chi connectivity index (χ3n) is 7.63. The van der Waals surface area contributed by atoms with Crippen molar-refractivity contribution in [1.82, 2.24) is 10.2 Å². The zero-order valence-corrected chi connectivity index (χ0v) is 27.0. The summed E-state index contributed by atoms with van der Waals surface area (Å²) in [7, 11) is 0. The van der Waals surface area contributed by atoms with E-state index in [2.05, 4.69) is 24.8 Å². The highest BCUT2D eigenvalue weighted by molar-refractivity contribution is 8.03. The molecule has 0 aliphatic carbocycles. The highest BCUT2D eigenvalue weighted by atomic mass is 32.2. The van der Waals surface area contributed by atoms with Gasteiger partial charge in [0.05, 0.1) is 42.9 Å². The highest BCUT2D eigenvalue weighted by Crippen LogP contribution is 2.52. The maximum Gasteiger partial charge on any atom is 0.511 e. The van der Waals surface area contributed by atoms with Gasteiger partial charge in [-0.1, -0.05) is 13.0 Å². The van der Waals surface area contributed by atoms with E-state index >= 15 is 0 Å². The van der Waals surface area contributed by atoms with Gasteiger partial charge in [-0.15, -0.1) is 11.8 Å². The van der Waals surface area contributed by atoms with Gasteiger partial charge in [-0.25, -0.2) is 19.2 Å². The van der Waals surface area contributed by atoms with Crippen molar-refractivity contribution < 1.29 is 62.3 Å². The van der Waals surface area contributed by atoms with E-state index in [1.165, 1.54) is 35.7 Å². The van der Waals surface area contributed by atoms with E-state index in [1.807, 2.05) is 6.92 Å². The summed E-state index contributed by atoms with van der Waals surface area (Å²) >= 11 is 1.34. The summed E-state index contributed by atoms with van der Waals surface area (Å²) in [5, 5.41) is 16.0. The molecule has 17 heteroatoms. The Morgan fingerprint density at radius 1 is 1.00 bits per heavy atom. The zero-order chi connectivity index (χ0) is 34.2. The first kappa shape index (κ1) is 35.5. The lowest BCUT2D eigenvalue weighted by Crippen LogP contribution is -2.63. The van der Waals surface area contributed by atoms with Gasteiger partial charge < -0.3 is 49.1 Å². The second kappa shape index (κ2) is 16.0. The molecule has 47 heavy (non-hydrogen) atoms. The Morgan fingerprint density at radius 2 is 1.64 bits per heavy atom. The first-order valence-electron chi connectivity index (χ1n) is 15.0. The van der Waals surface area contributed by atoms with Crippen LogP contribution in [-0.4, -0.2) is 103 Å². The van der Waals surface area contributed by atoms with E-state index in [1.54, 1.807) is 26.0 Å². The van der Waals surface area contributed by atoms with Crippen molar-refractivity contribution in [3.05, 3.63) is 40.4 Å². The van der Waals surface area contributed by atoms with Crippen molar-refractivity contribution in [2.24, 2.45) is 11.8 Å². The minimum absolute atomic E-state index is 0.0196. The van der Waals surface area contributed by atoms with Gasteiger partial charge in [-0.3, -0.25) is 9.59 Å². The average Bonchev–Trinajstić information content (AvgIpc) is 3.58. The summed E-state index contributed by atoms with van der Waals surface area (Å²) in [5.74, 6) is -3.42. The summed E-state index contributed by atoms with van der Waals surface area (Å²) < 4.78 is 28.7. The predicted molar refractivity (Wildman–Crippen MR) is 162 cm³/mol. The quantitative estimate of drug-likeness (QED) is 0.118. The number of carbonyl (C=O) groups excluding carboxylic acids is 6. The Bertz CT molecular complexity index is 1420. The number of β-lactam (4-membered cyclic amide) rings is 1. The number of hydrogen-bond donors (Lipinski definition) is 3. The van der Waals surface area contributed by atoms with Crippen LogP contribution < -0.4 is 10.6 Å². The van der Waals surface area contributed by atoms with Crippen LogP contribution in [0.4, 0.5) is 15.3 Å². The van der Waals surface area contributed by atoms with E-state index in [9.17, 15) is 33.9 Å². The number of fused-ring (bicyclic) bond motifs is 1. The molecule has 3 aliphatic heterocycles. The largest absolute Gasteiger partial charge is 0.511 e. The van der Waals surface area contributed by atoms with Crippen molar-refractivity contribution in [2.45, 2.75) is 57.6 Å². The summed E-state index contributed by atoms with van der Waals surface area (Å²) in [6.07, 6.45) is -2.55. The molecule has 3 N–H and O–H groups in total. The molecule has 0 aromatic heterocycles. The Kier molecular flexibility index (Phi) is 12.1. The second-order valence-corrected chi connectivity index (χ2v) is 12.1. The number of rotatable bonds is 13. The first-order chi connectivity index (χ1) is 22.5. The SMILES string of the molecule is CCOC(=O)OCOC(=O)C1=C(S[C@@H]2CN[C@H](C(=O)Nc3cccc(C(=O)OCOC(=O)OCC)c3)C2)[C@H](C)[C@@H]2[C@@H]([C@@H](C)O)C(=O)N12. The minimum atomic E-state index is -1.01. The van der Waals surface area contributed by atoms with Crippen molar-refractivity contribution in [3.63, 3.8) is 0 Å². The van der Waals surface area contributed by atoms with Crippen LogP contribution in [0, 0.1) is 11.8 Å². The van der Waals surface area contributed by atoms with Crippen LogP contribution in [0.25, 0.3) is 0 Å².